The van der Waals surface area contributed by atoms with Crippen LogP contribution in [0, 0.1) is 5.82 Å². The second kappa shape index (κ2) is 5.23. The third kappa shape index (κ3) is 2.61. The fourth-order valence-electron chi connectivity index (χ4n) is 2.03. The molecule has 1 amide bonds. The summed E-state index contributed by atoms with van der Waals surface area (Å²) >= 11 is 0. The van der Waals surface area contributed by atoms with Crippen molar-refractivity contribution in [1.82, 2.24) is 9.88 Å². The van der Waals surface area contributed by atoms with Gasteiger partial charge in [0.25, 0.3) is 5.91 Å². The number of halogens is 1. The fourth-order valence-corrected chi connectivity index (χ4v) is 2.03. The van der Waals surface area contributed by atoms with Crippen LogP contribution in [-0.2, 0) is 4.74 Å². The molecule has 17 heavy (non-hydrogen) atoms. The van der Waals surface area contributed by atoms with Crippen molar-refractivity contribution < 1.29 is 13.9 Å². The van der Waals surface area contributed by atoms with Crippen molar-refractivity contribution in [1.29, 1.82) is 0 Å². The molecule has 92 valence electrons. The molecule has 5 heteroatoms. The lowest BCUT2D eigenvalue weighted by Crippen LogP contribution is -2.43. The first kappa shape index (κ1) is 12.0. The fraction of sp³-hybridized carbons (Fsp3) is 0.500. The summed E-state index contributed by atoms with van der Waals surface area (Å²) < 4.78 is 18.7. The first-order valence-electron chi connectivity index (χ1n) is 5.64. The molecule has 1 saturated heterocycles. The number of hydrogen-bond acceptors (Lipinski definition) is 3. The molecule has 0 saturated carbocycles. The molecule has 1 atom stereocenters. The van der Waals surface area contributed by atoms with Gasteiger partial charge in [0.05, 0.1) is 17.9 Å². The van der Waals surface area contributed by atoms with E-state index in [-0.39, 0.29) is 17.6 Å². The van der Waals surface area contributed by atoms with Crippen molar-refractivity contribution in [2.75, 3.05) is 20.2 Å². The number of hydrogen-bond donors (Lipinski definition) is 0. The molecule has 2 heterocycles. The van der Waals surface area contributed by atoms with Gasteiger partial charge in [-0.05, 0) is 18.9 Å². The maximum Gasteiger partial charge on any atom is 0.257 e. The van der Waals surface area contributed by atoms with Crippen LogP contribution in [0.5, 0.6) is 0 Å². The molecular formula is C12H15FN2O2. The lowest BCUT2D eigenvalue weighted by atomic mass is 10.1. The number of ether oxygens (including phenoxy) is 1. The van der Waals surface area contributed by atoms with Crippen molar-refractivity contribution in [2.45, 2.75) is 18.9 Å². The average molecular weight is 238 g/mol. The van der Waals surface area contributed by atoms with Gasteiger partial charge in [0.2, 0.25) is 0 Å². The first-order chi connectivity index (χ1) is 8.22. The van der Waals surface area contributed by atoms with Gasteiger partial charge < -0.3 is 9.64 Å². The van der Waals surface area contributed by atoms with Crippen molar-refractivity contribution in [2.24, 2.45) is 0 Å². The monoisotopic (exact) mass is 238 g/mol. The van der Waals surface area contributed by atoms with Gasteiger partial charge in [0.1, 0.15) is 0 Å². The van der Waals surface area contributed by atoms with E-state index < -0.39 is 5.82 Å². The number of carbonyl (C=O) groups is 1. The van der Waals surface area contributed by atoms with Crippen molar-refractivity contribution in [3.63, 3.8) is 0 Å². The lowest BCUT2D eigenvalue weighted by Gasteiger charge is -2.32. The molecule has 2 rings (SSSR count). The summed E-state index contributed by atoms with van der Waals surface area (Å²) in [5, 5.41) is 0. The van der Waals surface area contributed by atoms with Crippen LogP contribution in [0.15, 0.2) is 18.5 Å². The summed E-state index contributed by atoms with van der Waals surface area (Å²) in [6.07, 6.45) is 4.37. The molecule has 0 bridgehead atoms. The Kier molecular flexibility index (Phi) is 3.68. The lowest BCUT2D eigenvalue weighted by molar-refractivity contribution is 0.0266. The molecule has 1 aromatic heterocycles. The van der Waals surface area contributed by atoms with Crippen molar-refractivity contribution >= 4 is 5.91 Å². The van der Waals surface area contributed by atoms with Gasteiger partial charge in [0, 0.05) is 26.4 Å². The number of amides is 1. The summed E-state index contributed by atoms with van der Waals surface area (Å²) in [5.74, 6) is -0.858. The summed E-state index contributed by atoms with van der Waals surface area (Å²) in [6, 6.07) is 1.41. The highest BCUT2D eigenvalue weighted by Gasteiger charge is 2.25. The highest BCUT2D eigenvalue weighted by molar-refractivity contribution is 5.94. The van der Waals surface area contributed by atoms with E-state index in [4.69, 9.17) is 4.74 Å². The molecule has 1 fully saturated rings. The minimum atomic E-state index is -0.572. The van der Waals surface area contributed by atoms with Gasteiger partial charge in [-0.15, -0.1) is 0 Å². The van der Waals surface area contributed by atoms with Crippen molar-refractivity contribution in [3.8, 4) is 0 Å². The van der Waals surface area contributed by atoms with E-state index in [2.05, 4.69) is 4.98 Å². The summed E-state index contributed by atoms with van der Waals surface area (Å²) in [6.45, 7) is 1.18. The Balaban J connectivity index is 2.12. The molecule has 0 spiro atoms. The molecule has 1 aliphatic rings. The van der Waals surface area contributed by atoms with Crippen LogP contribution in [0.25, 0.3) is 0 Å². The normalized spacial score (nSPS) is 20.4. The number of nitrogens with zero attached hydrogens (tertiary/aromatic N) is 2. The van der Waals surface area contributed by atoms with Crippen LogP contribution >= 0.6 is 0 Å². The smallest absolute Gasteiger partial charge is 0.257 e. The van der Waals surface area contributed by atoms with Gasteiger partial charge in [-0.3, -0.25) is 9.78 Å². The number of aromatic nitrogens is 1. The standard InChI is InChI=1S/C12H15FN2O2/c1-17-9-3-2-6-15(8-9)12(16)10-4-5-14-7-11(10)13/h4-5,7,9H,2-3,6,8H2,1H3. The maximum atomic E-state index is 13.4. The number of carbonyl (C=O) groups excluding carboxylic acids is 1. The molecule has 0 N–H and O–H groups in total. The van der Waals surface area contributed by atoms with E-state index >= 15 is 0 Å². The van der Waals surface area contributed by atoms with E-state index in [0.717, 1.165) is 19.0 Å². The quantitative estimate of drug-likeness (QED) is 0.783. The molecular weight excluding hydrogens is 223 g/mol. The van der Waals surface area contributed by atoms with E-state index in [1.165, 1.54) is 12.3 Å². The van der Waals surface area contributed by atoms with Gasteiger partial charge in [0.15, 0.2) is 5.82 Å². The van der Waals surface area contributed by atoms with Gasteiger partial charge in [-0.2, -0.15) is 0 Å². The molecule has 0 radical (unpaired) electrons. The molecule has 1 unspecified atom stereocenters. The Hall–Kier alpha value is -1.49. The zero-order valence-electron chi connectivity index (χ0n) is 9.73. The number of likely N-dealkylation sites (tertiary alicyclic amines) is 1. The predicted octanol–water partition coefficient (Wildman–Crippen LogP) is 1.47. The number of methoxy groups -OCH3 is 1. The van der Waals surface area contributed by atoms with Crippen LogP contribution in [0.4, 0.5) is 4.39 Å². The minimum Gasteiger partial charge on any atom is -0.380 e. The van der Waals surface area contributed by atoms with Crippen LogP contribution in [-0.4, -0.2) is 42.1 Å². The average Bonchev–Trinajstić information content (AvgIpc) is 2.38. The molecule has 0 aromatic carbocycles. The second-order valence-electron chi connectivity index (χ2n) is 4.11. The maximum absolute atomic E-state index is 13.4. The molecule has 4 nitrogen and oxygen atoms in total. The number of piperidine rings is 1. The zero-order chi connectivity index (χ0) is 12.3. The molecule has 0 aliphatic carbocycles. The van der Waals surface area contributed by atoms with E-state index in [0.29, 0.717) is 13.1 Å². The molecule has 1 aliphatic heterocycles. The topological polar surface area (TPSA) is 42.4 Å². The Morgan fingerprint density at radius 2 is 2.47 bits per heavy atom. The predicted molar refractivity (Wildman–Crippen MR) is 60.1 cm³/mol. The molecule has 1 aromatic rings. The van der Waals surface area contributed by atoms with Crippen LogP contribution in [0.3, 0.4) is 0 Å². The second-order valence-corrected chi connectivity index (χ2v) is 4.11. The summed E-state index contributed by atoms with van der Waals surface area (Å²) in [4.78, 5) is 17.4. The Labute approximate surface area is 99.4 Å². The Morgan fingerprint density at radius 3 is 3.18 bits per heavy atom. The highest BCUT2D eigenvalue weighted by Crippen LogP contribution is 2.16. The van der Waals surface area contributed by atoms with Crippen molar-refractivity contribution in [3.05, 3.63) is 29.8 Å². The third-order valence-corrected chi connectivity index (χ3v) is 3.00. The SMILES string of the molecule is COC1CCCN(C(=O)c2ccncc2F)C1. The minimum absolute atomic E-state index is 0.0533. The van der Waals surface area contributed by atoms with E-state index in [9.17, 15) is 9.18 Å². The van der Waals surface area contributed by atoms with Crippen LogP contribution in [0.1, 0.15) is 23.2 Å². The highest BCUT2D eigenvalue weighted by atomic mass is 19.1. The van der Waals surface area contributed by atoms with E-state index in [1.807, 2.05) is 0 Å². The van der Waals surface area contributed by atoms with Gasteiger partial charge in [-0.1, -0.05) is 0 Å². The number of pyridine rings is 1. The Bertz CT molecular complexity index is 411. The van der Waals surface area contributed by atoms with Gasteiger partial charge >= 0.3 is 0 Å². The first-order valence-corrected chi connectivity index (χ1v) is 5.64. The third-order valence-electron chi connectivity index (χ3n) is 3.00. The summed E-state index contributed by atoms with van der Waals surface area (Å²) in [5.41, 5.74) is 0.0803. The zero-order valence-corrected chi connectivity index (χ0v) is 9.73. The Morgan fingerprint density at radius 1 is 1.65 bits per heavy atom. The number of rotatable bonds is 2. The van der Waals surface area contributed by atoms with Gasteiger partial charge in [-0.25, -0.2) is 4.39 Å². The van der Waals surface area contributed by atoms with E-state index in [1.54, 1.807) is 12.0 Å². The van der Waals surface area contributed by atoms with Crippen LogP contribution < -0.4 is 0 Å². The largest absolute Gasteiger partial charge is 0.380 e. The summed E-state index contributed by atoms with van der Waals surface area (Å²) in [7, 11) is 1.63. The van der Waals surface area contributed by atoms with Crippen LogP contribution in [0.2, 0.25) is 0 Å².